The number of rotatable bonds is 3. The van der Waals surface area contributed by atoms with E-state index in [4.69, 9.17) is 39.3 Å². The molecule has 2 heterocycles. The summed E-state index contributed by atoms with van der Waals surface area (Å²) in [5, 5.41) is 7.45. The molecule has 0 spiro atoms. The molecule has 0 saturated carbocycles. The van der Waals surface area contributed by atoms with E-state index in [2.05, 4.69) is 15.5 Å². The van der Waals surface area contributed by atoms with Crippen LogP contribution in [0.15, 0.2) is 22.9 Å². The van der Waals surface area contributed by atoms with Gasteiger partial charge < -0.3 is 9.84 Å². The molecule has 0 aliphatic rings. The fourth-order valence-corrected chi connectivity index (χ4v) is 1.64. The third kappa shape index (κ3) is 2.58. The van der Waals surface area contributed by atoms with Crippen molar-refractivity contribution in [1.29, 1.82) is 0 Å². The monoisotopic (exact) mass is 277 g/mol. The second-order valence-corrected chi connectivity index (χ2v) is 4.10. The average Bonchev–Trinajstić information content (AvgIpc) is 2.74. The van der Waals surface area contributed by atoms with Gasteiger partial charge in [0.25, 0.3) is 0 Å². The van der Waals surface area contributed by atoms with E-state index in [1.54, 1.807) is 12.3 Å². The zero-order chi connectivity index (χ0) is 11.5. The number of aromatic nitrogens is 2. The average molecular weight is 279 g/mol. The zero-order valence-electron chi connectivity index (χ0n) is 7.88. The van der Waals surface area contributed by atoms with Crippen LogP contribution in [0.2, 0.25) is 15.2 Å². The van der Waals surface area contributed by atoms with E-state index < -0.39 is 0 Å². The Morgan fingerprint density at radius 3 is 2.75 bits per heavy atom. The first-order valence-corrected chi connectivity index (χ1v) is 5.45. The van der Waals surface area contributed by atoms with Crippen LogP contribution in [0.4, 0.5) is 5.82 Å². The van der Waals surface area contributed by atoms with Crippen molar-refractivity contribution in [3.63, 3.8) is 0 Å². The van der Waals surface area contributed by atoms with Crippen molar-refractivity contribution in [1.82, 2.24) is 10.1 Å². The molecule has 0 saturated heterocycles. The summed E-state index contributed by atoms with van der Waals surface area (Å²) in [5.41, 5.74) is 0. The SMILES string of the molecule is Clc1cc(Cl)c(NCc2ccno2)nc1Cl. The van der Waals surface area contributed by atoms with Gasteiger partial charge in [-0.1, -0.05) is 40.0 Å². The molecule has 0 fully saturated rings. The van der Waals surface area contributed by atoms with Gasteiger partial charge in [0.05, 0.1) is 22.8 Å². The third-order valence-corrected chi connectivity index (χ3v) is 2.77. The molecule has 4 nitrogen and oxygen atoms in total. The van der Waals surface area contributed by atoms with Crippen LogP contribution in [0.3, 0.4) is 0 Å². The summed E-state index contributed by atoms with van der Waals surface area (Å²) in [4.78, 5) is 4.00. The Balaban J connectivity index is 2.12. The van der Waals surface area contributed by atoms with Crippen molar-refractivity contribution in [3.8, 4) is 0 Å². The van der Waals surface area contributed by atoms with Crippen LogP contribution in [0.5, 0.6) is 0 Å². The maximum atomic E-state index is 5.93. The second kappa shape index (κ2) is 4.91. The number of halogens is 3. The van der Waals surface area contributed by atoms with E-state index in [-0.39, 0.29) is 5.15 Å². The Bertz CT molecular complexity index is 487. The van der Waals surface area contributed by atoms with E-state index in [0.29, 0.717) is 28.2 Å². The van der Waals surface area contributed by atoms with Crippen molar-refractivity contribution in [2.45, 2.75) is 6.54 Å². The van der Waals surface area contributed by atoms with Gasteiger partial charge in [-0.25, -0.2) is 4.98 Å². The molecular formula is C9H6Cl3N3O. The first kappa shape index (κ1) is 11.5. The summed E-state index contributed by atoms with van der Waals surface area (Å²) in [7, 11) is 0. The van der Waals surface area contributed by atoms with E-state index in [1.165, 1.54) is 6.07 Å². The van der Waals surface area contributed by atoms with Gasteiger partial charge in [0.2, 0.25) is 0 Å². The molecule has 16 heavy (non-hydrogen) atoms. The quantitative estimate of drug-likeness (QED) is 0.871. The Morgan fingerprint density at radius 2 is 2.06 bits per heavy atom. The van der Waals surface area contributed by atoms with Gasteiger partial charge in [-0.3, -0.25) is 0 Å². The highest BCUT2D eigenvalue weighted by Crippen LogP contribution is 2.28. The highest BCUT2D eigenvalue weighted by Gasteiger charge is 2.08. The van der Waals surface area contributed by atoms with Crippen LogP contribution >= 0.6 is 34.8 Å². The molecule has 7 heteroatoms. The molecule has 0 unspecified atom stereocenters. The summed E-state index contributed by atoms with van der Waals surface area (Å²) >= 11 is 17.4. The Kier molecular flexibility index (Phi) is 3.53. The molecule has 0 aromatic carbocycles. The lowest BCUT2D eigenvalue weighted by molar-refractivity contribution is 0.388. The van der Waals surface area contributed by atoms with Crippen molar-refractivity contribution in [2.75, 3.05) is 5.32 Å². The minimum absolute atomic E-state index is 0.200. The summed E-state index contributed by atoms with van der Waals surface area (Å²) in [6.07, 6.45) is 1.56. The molecule has 0 atom stereocenters. The van der Waals surface area contributed by atoms with Crippen molar-refractivity contribution < 1.29 is 4.52 Å². The number of hydrogen-bond acceptors (Lipinski definition) is 4. The first-order valence-electron chi connectivity index (χ1n) is 4.32. The Morgan fingerprint density at radius 1 is 1.25 bits per heavy atom. The van der Waals surface area contributed by atoms with E-state index >= 15 is 0 Å². The van der Waals surface area contributed by atoms with Crippen molar-refractivity contribution >= 4 is 40.6 Å². The van der Waals surface area contributed by atoms with E-state index in [1.807, 2.05) is 0 Å². The normalized spacial score (nSPS) is 10.4. The van der Waals surface area contributed by atoms with Crippen molar-refractivity contribution in [2.24, 2.45) is 0 Å². The number of nitrogens with zero attached hydrogens (tertiary/aromatic N) is 2. The molecule has 2 aromatic rings. The molecule has 1 N–H and O–H groups in total. The lowest BCUT2D eigenvalue weighted by atomic mass is 10.4. The van der Waals surface area contributed by atoms with Crippen LogP contribution in [-0.4, -0.2) is 10.1 Å². The van der Waals surface area contributed by atoms with Crippen LogP contribution in [0, 0.1) is 0 Å². The molecule has 0 amide bonds. The van der Waals surface area contributed by atoms with Gasteiger partial charge in [0.1, 0.15) is 11.0 Å². The molecule has 84 valence electrons. The van der Waals surface area contributed by atoms with Crippen LogP contribution < -0.4 is 5.32 Å². The van der Waals surface area contributed by atoms with Gasteiger partial charge in [-0.05, 0) is 6.07 Å². The fourth-order valence-electron chi connectivity index (χ4n) is 1.07. The highest BCUT2D eigenvalue weighted by molar-refractivity contribution is 6.42. The van der Waals surface area contributed by atoms with Crippen molar-refractivity contribution in [3.05, 3.63) is 39.3 Å². The van der Waals surface area contributed by atoms with Gasteiger partial charge in [0.15, 0.2) is 5.76 Å². The van der Waals surface area contributed by atoms with Crippen LogP contribution in [-0.2, 0) is 6.54 Å². The van der Waals surface area contributed by atoms with E-state index in [9.17, 15) is 0 Å². The standard InChI is InChI=1S/C9H6Cl3N3O/c10-6-3-7(11)9(15-8(6)12)13-4-5-1-2-14-16-5/h1-3H,4H2,(H,13,15). The zero-order valence-corrected chi connectivity index (χ0v) is 10.1. The van der Waals surface area contributed by atoms with Gasteiger partial charge in [0, 0.05) is 6.07 Å². The first-order chi connectivity index (χ1) is 7.66. The third-order valence-electron chi connectivity index (χ3n) is 1.81. The maximum absolute atomic E-state index is 5.93. The molecule has 0 aliphatic carbocycles. The summed E-state index contributed by atoms with van der Waals surface area (Å²) in [6.45, 7) is 0.421. The minimum atomic E-state index is 0.200. The van der Waals surface area contributed by atoms with Crippen LogP contribution in [0.25, 0.3) is 0 Å². The summed E-state index contributed by atoms with van der Waals surface area (Å²) in [5.74, 6) is 1.12. The molecule has 2 aromatic heterocycles. The van der Waals surface area contributed by atoms with Gasteiger partial charge in [-0.15, -0.1) is 0 Å². The lowest BCUT2D eigenvalue weighted by Crippen LogP contribution is -2.01. The largest absolute Gasteiger partial charge is 0.361 e. The maximum Gasteiger partial charge on any atom is 0.155 e. The van der Waals surface area contributed by atoms with Crippen LogP contribution in [0.1, 0.15) is 5.76 Å². The molecular weight excluding hydrogens is 272 g/mol. The summed E-state index contributed by atoms with van der Waals surface area (Å²) in [6, 6.07) is 3.26. The smallest absolute Gasteiger partial charge is 0.155 e. The molecule has 0 bridgehead atoms. The number of anilines is 1. The Hall–Kier alpha value is -0.970. The Labute approximate surface area is 106 Å². The molecule has 2 rings (SSSR count). The molecule has 0 aliphatic heterocycles. The predicted molar refractivity (Wildman–Crippen MR) is 63.1 cm³/mol. The second-order valence-electron chi connectivity index (χ2n) is 2.92. The topological polar surface area (TPSA) is 51.0 Å². The van der Waals surface area contributed by atoms with Gasteiger partial charge >= 0.3 is 0 Å². The fraction of sp³-hybridized carbons (Fsp3) is 0.111. The number of pyridine rings is 1. The van der Waals surface area contributed by atoms with E-state index in [0.717, 1.165) is 0 Å². The minimum Gasteiger partial charge on any atom is -0.361 e. The number of nitrogens with one attached hydrogen (secondary N) is 1. The lowest BCUT2D eigenvalue weighted by Gasteiger charge is -2.06. The highest BCUT2D eigenvalue weighted by atomic mass is 35.5. The van der Waals surface area contributed by atoms with Gasteiger partial charge in [-0.2, -0.15) is 0 Å². The number of hydrogen-bond donors (Lipinski definition) is 1. The summed E-state index contributed by atoms with van der Waals surface area (Å²) < 4.78 is 4.91. The predicted octanol–water partition coefficient (Wildman–Crippen LogP) is 3.64. The molecule has 0 radical (unpaired) electrons.